The number of benzene rings is 2. The molecule has 1 saturated heterocycles. The fourth-order valence-corrected chi connectivity index (χ4v) is 3.96. The van der Waals surface area contributed by atoms with E-state index in [-0.39, 0.29) is 11.9 Å². The quantitative estimate of drug-likeness (QED) is 0.579. The number of anilines is 1. The Morgan fingerprint density at radius 2 is 1.75 bits per heavy atom. The highest BCUT2D eigenvalue weighted by Crippen LogP contribution is 2.31. The third-order valence-corrected chi connectivity index (χ3v) is 5.65. The number of likely N-dealkylation sites (tertiary alicyclic amines) is 1. The van der Waals surface area contributed by atoms with E-state index in [1.807, 2.05) is 53.4 Å². The van der Waals surface area contributed by atoms with Crippen molar-refractivity contribution in [3.05, 3.63) is 60.4 Å². The van der Waals surface area contributed by atoms with E-state index in [1.54, 1.807) is 27.4 Å². The van der Waals surface area contributed by atoms with Gasteiger partial charge in [-0.3, -0.25) is 4.79 Å². The molecular formula is C25H28N2O5. The van der Waals surface area contributed by atoms with Gasteiger partial charge in [-0.15, -0.1) is 0 Å². The highest BCUT2D eigenvalue weighted by molar-refractivity contribution is 5.92. The maximum absolute atomic E-state index is 13.1. The van der Waals surface area contributed by atoms with Crippen molar-refractivity contribution in [1.29, 1.82) is 0 Å². The molecule has 0 bridgehead atoms. The summed E-state index contributed by atoms with van der Waals surface area (Å²) in [5.41, 5.74) is 1.83. The first-order valence-electron chi connectivity index (χ1n) is 10.6. The molecule has 1 N–H and O–H groups in total. The van der Waals surface area contributed by atoms with E-state index in [1.165, 1.54) is 0 Å². The number of furan rings is 1. The number of carbonyl (C=O) groups excluding carboxylic acids is 1. The summed E-state index contributed by atoms with van der Waals surface area (Å²) in [6.07, 6.45) is 1.90. The third-order valence-electron chi connectivity index (χ3n) is 5.65. The van der Waals surface area contributed by atoms with Gasteiger partial charge in [-0.25, -0.2) is 0 Å². The smallest absolute Gasteiger partial charge is 0.289 e. The Labute approximate surface area is 187 Å². The summed E-state index contributed by atoms with van der Waals surface area (Å²) in [5, 5.41) is 3.51. The van der Waals surface area contributed by atoms with E-state index in [2.05, 4.69) is 5.32 Å². The largest absolute Gasteiger partial charge is 0.497 e. The maximum atomic E-state index is 13.1. The highest BCUT2D eigenvalue weighted by atomic mass is 16.5. The Morgan fingerprint density at radius 1 is 0.969 bits per heavy atom. The molecule has 1 aliphatic rings. The Balaban J connectivity index is 1.42. The second-order valence-corrected chi connectivity index (χ2v) is 7.70. The third kappa shape index (κ3) is 4.66. The van der Waals surface area contributed by atoms with Crippen LogP contribution in [-0.4, -0.2) is 51.3 Å². The van der Waals surface area contributed by atoms with Crippen LogP contribution < -0.4 is 19.5 Å². The molecule has 1 aliphatic heterocycles. The monoisotopic (exact) mass is 436 g/mol. The number of amides is 1. The zero-order chi connectivity index (χ0) is 22.5. The standard InChI is InChI=1S/C25H28N2O5/c1-29-20-9-6-17(7-10-20)21-12-13-23(32-21)25(28)27-14-4-5-19(16-27)26-18-8-11-22(30-2)24(15-18)31-3/h6-13,15,19,26H,4-5,14,16H2,1-3H3/t19-/m0/s1. The average molecular weight is 437 g/mol. The van der Waals surface area contributed by atoms with Crippen LogP contribution in [0, 0.1) is 0 Å². The van der Waals surface area contributed by atoms with Crippen LogP contribution in [0.4, 0.5) is 5.69 Å². The topological polar surface area (TPSA) is 73.2 Å². The van der Waals surface area contributed by atoms with E-state index in [0.29, 0.717) is 36.1 Å². The van der Waals surface area contributed by atoms with Gasteiger partial charge in [0.2, 0.25) is 0 Å². The second-order valence-electron chi connectivity index (χ2n) is 7.70. The molecule has 7 nitrogen and oxygen atoms in total. The Hall–Kier alpha value is -3.61. The van der Waals surface area contributed by atoms with Gasteiger partial charge >= 0.3 is 0 Å². The minimum absolute atomic E-state index is 0.0939. The summed E-state index contributed by atoms with van der Waals surface area (Å²) >= 11 is 0. The Bertz CT molecular complexity index is 1060. The molecule has 168 valence electrons. The number of rotatable bonds is 7. The molecule has 0 radical (unpaired) electrons. The summed E-state index contributed by atoms with van der Waals surface area (Å²) in [7, 11) is 4.86. The Kier molecular flexibility index (Phi) is 6.54. The molecule has 2 aromatic carbocycles. The van der Waals surface area contributed by atoms with Crippen molar-refractivity contribution >= 4 is 11.6 Å². The van der Waals surface area contributed by atoms with Crippen molar-refractivity contribution in [3.8, 4) is 28.6 Å². The second kappa shape index (κ2) is 9.68. The number of piperidine rings is 1. The Morgan fingerprint density at radius 3 is 2.47 bits per heavy atom. The number of ether oxygens (including phenoxy) is 3. The van der Waals surface area contributed by atoms with Gasteiger partial charge in [-0.2, -0.15) is 0 Å². The van der Waals surface area contributed by atoms with Crippen molar-refractivity contribution in [2.75, 3.05) is 39.7 Å². The average Bonchev–Trinajstić information content (AvgIpc) is 3.34. The summed E-state index contributed by atoms with van der Waals surface area (Å²) < 4.78 is 21.8. The lowest BCUT2D eigenvalue weighted by molar-refractivity contribution is 0.0683. The summed E-state index contributed by atoms with van der Waals surface area (Å²) in [6.45, 7) is 1.31. The molecule has 32 heavy (non-hydrogen) atoms. The van der Waals surface area contributed by atoms with Crippen LogP contribution in [0.2, 0.25) is 0 Å². The van der Waals surface area contributed by atoms with Crippen LogP contribution in [-0.2, 0) is 0 Å². The molecular weight excluding hydrogens is 408 g/mol. The van der Waals surface area contributed by atoms with Gasteiger partial charge in [-0.1, -0.05) is 0 Å². The number of methoxy groups -OCH3 is 3. The van der Waals surface area contributed by atoms with Gasteiger partial charge in [0.1, 0.15) is 11.5 Å². The predicted octanol–water partition coefficient (Wildman–Crippen LogP) is 4.69. The van der Waals surface area contributed by atoms with Gasteiger partial charge in [0.05, 0.1) is 21.3 Å². The molecule has 7 heteroatoms. The lowest BCUT2D eigenvalue weighted by Gasteiger charge is -2.33. The number of hydrogen-bond donors (Lipinski definition) is 1. The van der Waals surface area contributed by atoms with E-state index in [4.69, 9.17) is 18.6 Å². The fourth-order valence-electron chi connectivity index (χ4n) is 3.96. The van der Waals surface area contributed by atoms with Crippen LogP contribution >= 0.6 is 0 Å². The zero-order valence-electron chi connectivity index (χ0n) is 18.6. The summed E-state index contributed by atoms with van der Waals surface area (Å²) in [5.74, 6) is 3.05. The highest BCUT2D eigenvalue weighted by Gasteiger charge is 2.26. The minimum Gasteiger partial charge on any atom is -0.497 e. The zero-order valence-corrected chi connectivity index (χ0v) is 18.6. The molecule has 0 aliphatic carbocycles. The lowest BCUT2D eigenvalue weighted by Crippen LogP contribution is -2.45. The molecule has 1 aromatic heterocycles. The summed E-state index contributed by atoms with van der Waals surface area (Å²) in [4.78, 5) is 14.9. The van der Waals surface area contributed by atoms with Crippen molar-refractivity contribution < 1.29 is 23.4 Å². The van der Waals surface area contributed by atoms with Crippen LogP contribution in [0.3, 0.4) is 0 Å². The molecule has 1 fully saturated rings. The van der Waals surface area contributed by atoms with Crippen molar-refractivity contribution in [3.63, 3.8) is 0 Å². The number of nitrogens with one attached hydrogen (secondary N) is 1. The maximum Gasteiger partial charge on any atom is 0.289 e. The van der Waals surface area contributed by atoms with Gasteiger partial charge < -0.3 is 28.8 Å². The van der Waals surface area contributed by atoms with Crippen molar-refractivity contribution in [2.45, 2.75) is 18.9 Å². The molecule has 1 amide bonds. The van der Waals surface area contributed by atoms with Crippen molar-refractivity contribution in [2.24, 2.45) is 0 Å². The molecule has 0 unspecified atom stereocenters. The molecule has 0 spiro atoms. The first kappa shape index (κ1) is 21.6. The molecule has 3 aromatic rings. The van der Waals surface area contributed by atoms with Crippen molar-refractivity contribution in [1.82, 2.24) is 4.90 Å². The van der Waals surface area contributed by atoms with Crippen LogP contribution in [0.25, 0.3) is 11.3 Å². The lowest BCUT2D eigenvalue weighted by atomic mass is 10.0. The normalized spacial score (nSPS) is 15.8. The van der Waals surface area contributed by atoms with E-state index in [9.17, 15) is 4.79 Å². The van der Waals surface area contributed by atoms with E-state index in [0.717, 1.165) is 29.8 Å². The van der Waals surface area contributed by atoms with Crippen LogP contribution in [0.1, 0.15) is 23.4 Å². The SMILES string of the molecule is COc1ccc(-c2ccc(C(=O)N3CCC[C@H](Nc4ccc(OC)c(OC)c4)C3)o2)cc1. The molecule has 0 saturated carbocycles. The van der Waals surface area contributed by atoms with Gasteiger partial charge in [0.25, 0.3) is 5.91 Å². The van der Waals surface area contributed by atoms with Crippen LogP contribution in [0.15, 0.2) is 59.0 Å². The molecule has 2 heterocycles. The number of nitrogens with zero attached hydrogens (tertiary/aromatic N) is 1. The van der Waals surface area contributed by atoms with Gasteiger partial charge in [0.15, 0.2) is 17.3 Å². The molecule has 1 atom stereocenters. The first-order valence-corrected chi connectivity index (χ1v) is 10.6. The minimum atomic E-state index is -0.0939. The molecule has 4 rings (SSSR count). The first-order chi connectivity index (χ1) is 15.6. The number of hydrogen-bond acceptors (Lipinski definition) is 6. The predicted molar refractivity (Wildman–Crippen MR) is 123 cm³/mol. The van der Waals surface area contributed by atoms with Gasteiger partial charge in [0, 0.05) is 36.4 Å². The van der Waals surface area contributed by atoms with Gasteiger partial charge in [-0.05, 0) is 61.4 Å². The summed E-state index contributed by atoms with van der Waals surface area (Å²) in [6, 6.07) is 17.0. The fraction of sp³-hybridized carbons (Fsp3) is 0.320. The number of carbonyl (C=O) groups is 1. The van der Waals surface area contributed by atoms with Crippen LogP contribution in [0.5, 0.6) is 17.2 Å². The van der Waals surface area contributed by atoms with E-state index >= 15 is 0 Å². The van der Waals surface area contributed by atoms with E-state index < -0.39 is 0 Å².